The van der Waals surface area contributed by atoms with Crippen molar-refractivity contribution in [3.63, 3.8) is 0 Å². The number of rotatable bonds is 3. The van der Waals surface area contributed by atoms with Crippen molar-refractivity contribution in [2.24, 2.45) is 0 Å². The molecule has 2 unspecified atom stereocenters. The summed E-state index contributed by atoms with van der Waals surface area (Å²) in [7, 11) is 0. The zero-order valence-corrected chi connectivity index (χ0v) is 7.96. The van der Waals surface area contributed by atoms with Crippen molar-refractivity contribution in [2.75, 3.05) is 0 Å². The van der Waals surface area contributed by atoms with Gasteiger partial charge in [0.05, 0.1) is 11.6 Å². The summed E-state index contributed by atoms with van der Waals surface area (Å²) in [6.45, 7) is 0. The van der Waals surface area contributed by atoms with Gasteiger partial charge in [-0.05, 0) is 17.7 Å². The molecule has 0 aliphatic carbocycles. The van der Waals surface area contributed by atoms with E-state index in [9.17, 15) is 14.3 Å². The summed E-state index contributed by atoms with van der Waals surface area (Å²) in [5.41, 5.74) is -0.523. The summed E-state index contributed by atoms with van der Waals surface area (Å²) in [5, 5.41) is 35.8. The Morgan fingerprint density at radius 2 is 2.06 bits per heavy atom. The highest BCUT2D eigenvalue weighted by atomic mass is 19.1. The first kappa shape index (κ1) is 12.1. The third kappa shape index (κ3) is 2.16. The fraction of sp³-hybridized carbons (Fsp3) is 0.200. The molecular formula is C10H8FNO4. The molecule has 0 bridgehead atoms. The summed E-state index contributed by atoms with van der Waals surface area (Å²) in [6, 6.07) is 3.11. The number of nitrogens with zero attached hydrogens (tertiary/aromatic N) is 1. The molecule has 0 amide bonds. The van der Waals surface area contributed by atoms with E-state index in [1.165, 1.54) is 6.07 Å². The van der Waals surface area contributed by atoms with Crippen molar-refractivity contribution in [1.29, 1.82) is 5.26 Å². The van der Waals surface area contributed by atoms with Crippen LogP contribution in [0.15, 0.2) is 12.1 Å². The highest BCUT2D eigenvalue weighted by molar-refractivity contribution is 5.79. The molecule has 0 saturated heterocycles. The van der Waals surface area contributed by atoms with Gasteiger partial charge in [-0.3, -0.25) is 4.79 Å². The summed E-state index contributed by atoms with van der Waals surface area (Å²) in [5.74, 6) is -1.94. The number of phenols is 1. The van der Waals surface area contributed by atoms with E-state index < -0.39 is 23.8 Å². The third-order valence-electron chi connectivity index (χ3n) is 2.02. The first-order valence-electron chi connectivity index (χ1n) is 4.24. The van der Waals surface area contributed by atoms with E-state index in [1.807, 2.05) is 0 Å². The Balaban J connectivity index is 3.22. The Labute approximate surface area is 90.0 Å². The van der Waals surface area contributed by atoms with Crippen LogP contribution in [0.2, 0.25) is 0 Å². The molecule has 0 spiro atoms. The molecule has 3 N–H and O–H groups in total. The Morgan fingerprint density at radius 1 is 1.44 bits per heavy atom. The molecule has 1 aromatic rings. The normalized spacial score (nSPS) is 13.9. The first-order chi connectivity index (χ1) is 7.51. The fourth-order valence-electron chi connectivity index (χ4n) is 1.16. The second-order valence-corrected chi connectivity index (χ2v) is 3.08. The number of carbonyl (C=O) groups excluding carboxylic acids is 1. The number of benzene rings is 1. The summed E-state index contributed by atoms with van der Waals surface area (Å²) < 4.78 is 13.1. The number of aliphatic hydroxyl groups excluding tert-OH is 2. The summed E-state index contributed by atoms with van der Waals surface area (Å²) in [6.07, 6.45) is -3.17. The molecular weight excluding hydrogens is 217 g/mol. The zero-order valence-electron chi connectivity index (χ0n) is 7.96. The van der Waals surface area contributed by atoms with Gasteiger partial charge in [-0.2, -0.15) is 5.26 Å². The molecule has 16 heavy (non-hydrogen) atoms. The van der Waals surface area contributed by atoms with Crippen molar-refractivity contribution >= 4 is 6.29 Å². The molecule has 1 aromatic carbocycles. The number of aliphatic hydroxyl groups is 2. The second-order valence-electron chi connectivity index (χ2n) is 3.08. The van der Waals surface area contributed by atoms with E-state index in [0.29, 0.717) is 0 Å². The number of hydrogen-bond donors (Lipinski definition) is 3. The van der Waals surface area contributed by atoms with E-state index in [2.05, 4.69) is 0 Å². The van der Waals surface area contributed by atoms with Gasteiger partial charge in [0, 0.05) is 0 Å². The van der Waals surface area contributed by atoms with Crippen LogP contribution in [0.5, 0.6) is 5.75 Å². The molecule has 0 aromatic heterocycles. The average molecular weight is 225 g/mol. The standard InChI is InChI=1S/C10H8FNO4/c11-7-2-5(10(16)8(14)3-12)1-6(4-13)9(7)15/h1-2,4,8,10,14-16H. The monoisotopic (exact) mass is 225 g/mol. The quantitative estimate of drug-likeness (QED) is 0.506. The van der Waals surface area contributed by atoms with Crippen molar-refractivity contribution in [3.05, 3.63) is 29.1 Å². The second kappa shape index (κ2) is 4.70. The number of carbonyl (C=O) groups is 1. The van der Waals surface area contributed by atoms with Crippen LogP contribution in [0.1, 0.15) is 22.0 Å². The van der Waals surface area contributed by atoms with Gasteiger partial charge in [0.15, 0.2) is 24.0 Å². The molecule has 0 aliphatic heterocycles. The van der Waals surface area contributed by atoms with Gasteiger partial charge in [-0.25, -0.2) is 4.39 Å². The van der Waals surface area contributed by atoms with Crippen LogP contribution in [0, 0.1) is 17.1 Å². The predicted molar refractivity (Wildman–Crippen MR) is 50.0 cm³/mol. The predicted octanol–water partition coefficient (Wildman–Crippen LogP) is 0.262. The largest absolute Gasteiger partial charge is 0.504 e. The highest BCUT2D eigenvalue weighted by Gasteiger charge is 2.20. The molecule has 1 rings (SSSR count). The number of nitriles is 1. The van der Waals surface area contributed by atoms with E-state index in [0.717, 1.165) is 12.1 Å². The molecule has 5 nitrogen and oxygen atoms in total. The number of hydrogen-bond acceptors (Lipinski definition) is 5. The van der Waals surface area contributed by atoms with Gasteiger partial charge in [0.1, 0.15) is 6.10 Å². The van der Waals surface area contributed by atoms with Gasteiger partial charge < -0.3 is 15.3 Å². The Bertz CT molecular complexity index is 455. The molecule has 0 heterocycles. The van der Waals surface area contributed by atoms with Crippen LogP contribution in [-0.2, 0) is 0 Å². The smallest absolute Gasteiger partial charge is 0.170 e. The molecule has 2 atom stereocenters. The molecule has 0 aliphatic rings. The minimum Gasteiger partial charge on any atom is -0.504 e. The Kier molecular flexibility index (Phi) is 3.55. The van der Waals surface area contributed by atoms with E-state index >= 15 is 0 Å². The van der Waals surface area contributed by atoms with Crippen LogP contribution >= 0.6 is 0 Å². The van der Waals surface area contributed by atoms with Crippen LogP contribution in [0.3, 0.4) is 0 Å². The van der Waals surface area contributed by atoms with Gasteiger partial charge >= 0.3 is 0 Å². The molecule has 6 heteroatoms. The minimum absolute atomic E-state index is 0.161. The lowest BCUT2D eigenvalue weighted by molar-refractivity contribution is 0.0525. The van der Waals surface area contributed by atoms with Crippen LogP contribution < -0.4 is 0 Å². The lowest BCUT2D eigenvalue weighted by atomic mass is 10.0. The highest BCUT2D eigenvalue weighted by Crippen LogP contribution is 2.26. The van der Waals surface area contributed by atoms with E-state index in [1.54, 1.807) is 0 Å². The van der Waals surface area contributed by atoms with Crippen molar-refractivity contribution in [2.45, 2.75) is 12.2 Å². The van der Waals surface area contributed by atoms with Gasteiger partial charge in [-0.1, -0.05) is 0 Å². The number of aldehydes is 1. The Morgan fingerprint density at radius 3 is 2.56 bits per heavy atom. The maximum Gasteiger partial charge on any atom is 0.170 e. The Hall–Kier alpha value is -1.97. The van der Waals surface area contributed by atoms with Gasteiger partial charge in [-0.15, -0.1) is 0 Å². The molecule has 0 radical (unpaired) electrons. The van der Waals surface area contributed by atoms with Crippen LogP contribution in [-0.4, -0.2) is 27.7 Å². The maximum absolute atomic E-state index is 13.1. The van der Waals surface area contributed by atoms with E-state index in [4.69, 9.17) is 15.5 Å². The van der Waals surface area contributed by atoms with Crippen molar-refractivity contribution in [3.8, 4) is 11.8 Å². The SMILES string of the molecule is N#CC(O)C(O)c1cc(F)c(O)c(C=O)c1. The minimum atomic E-state index is -1.73. The van der Waals surface area contributed by atoms with Crippen LogP contribution in [0.4, 0.5) is 4.39 Å². The number of phenolic OH excluding ortho intramolecular Hbond substituents is 1. The molecule has 0 saturated carbocycles. The van der Waals surface area contributed by atoms with Crippen molar-refractivity contribution in [1.82, 2.24) is 0 Å². The average Bonchev–Trinajstić information content (AvgIpc) is 2.30. The maximum atomic E-state index is 13.1. The van der Waals surface area contributed by atoms with E-state index in [-0.39, 0.29) is 17.4 Å². The molecule has 84 valence electrons. The summed E-state index contributed by atoms with van der Waals surface area (Å²) in [4.78, 5) is 10.5. The lowest BCUT2D eigenvalue weighted by Crippen LogP contribution is -2.16. The molecule has 0 fully saturated rings. The number of halogens is 1. The topological polar surface area (TPSA) is 102 Å². The zero-order chi connectivity index (χ0) is 12.3. The third-order valence-corrected chi connectivity index (χ3v) is 2.02. The first-order valence-corrected chi connectivity index (χ1v) is 4.24. The fourth-order valence-corrected chi connectivity index (χ4v) is 1.16. The summed E-state index contributed by atoms with van der Waals surface area (Å²) >= 11 is 0. The van der Waals surface area contributed by atoms with Crippen LogP contribution in [0.25, 0.3) is 0 Å². The van der Waals surface area contributed by atoms with Crippen molar-refractivity contribution < 1.29 is 24.5 Å². The lowest BCUT2D eigenvalue weighted by Gasteiger charge is -2.13. The van der Waals surface area contributed by atoms with Gasteiger partial charge in [0.25, 0.3) is 0 Å². The number of aromatic hydroxyl groups is 1. The van der Waals surface area contributed by atoms with Gasteiger partial charge in [0.2, 0.25) is 0 Å².